The monoisotopic (exact) mass is 365 g/mol. The average molecular weight is 366 g/mol. The largest absolute Gasteiger partial charge is 0.335 e. The number of fused-ring (bicyclic) bond motifs is 1. The van der Waals surface area contributed by atoms with Gasteiger partial charge in [-0.25, -0.2) is 4.98 Å². The number of hydrogen-bond donors (Lipinski definition) is 0. The van der Waals surface area contributed by atoms with Gasteiger partial charge in [0.05, 0.1) is 5.69 Å². The molecule has 144 valence electrons. The van der Waals surface area contributed by atoms with Crippen molar-refractivity contribution in [3.63, 3.8) is 0 Å². The zero-order valence-electron chi connectivity index (χ0n) is 16.5. The van der Waals surface area contributed by atoms with Crippen LogP contribution in [0.4, 0.5) is 0 Å². The summed E-state index contributed by atoms with van der Waals surface area (Å²) in [4.78, 5) is 20.6. The molecule has 0 N–H and O–H groups in total. The Kier molecular flexibility index (Phi) is 5.61. The van der Waals surface area contributed by atoms with E-state index in [9.17, 15) is 4.79 Å². The van der Waals surface area contributed by atoms with Crippen LogP contribution in [0.5, 0.6) is 0 Å². The van der Waals surface area contributed by atoms with E-state index in [4.69, 9.17) is 4.98 Å². The predicted octanol–water partition coefficient (Wildman–Crippen LogP) is 5.07. The van der Waals surface area contributed by atoms with E-state index in [1.165, 1.54) is 25.7 Å². The van der Waals surface area contributed by atoms with E-state index >= 15 is 0 Å². The fourth-order valence-electron chi connectivity index (χ4n) is 4.80. The fraction of sp³-hybridized carbons (Fsp3) is 0.565. The van der Waals surface area contributed by atoms with Gasteiger partial charge >= 0.3 is 0 Å². The molecule has 27 heavy (non-hydrogen) atoms. The average Bonchev–Trinajstić information content (AvgIpc) is 2.91. The van der Waals surface area contributed by atoms with E-state index in [1.807, 2.05) is 6.07 Å². The Morgan fingerprint density at radius 2 is 1.81 bits per heavy atom. The smallest absolute Gasteiger partial charge is 0.274 e. The Bertz CT molecular complexity index is 774. The topological polar surface area (TPSA) is 38.1 Å². The summed E-state index contributed by atoms with van der Waals surface area (Å²) in [7, 11) is 0. The van der Waals surface area contributed by atoms with Gasteiger partial charge in [-0.2, -0.15) is 0 Å². The standard InChI is InChI=1S/C23H31N3O/c1-2-25(19-14-8-4-9-15-19)23(27)21-20-16-10-5-11-17-26(20)22(24-21)18-12-6-3-7-13-18/h3,6-7,12-13,19H,2,4-5,8-11,14-17H2,1H3. The van der Waals surface area contributed by atoms with E-state index in [0.717, 1.165) is 62.3 Å². The third kappa shape index (κ3) is 3.67. The maximum absolute atomic E-state index is 13.6. The van der Waals surface area contributed by atoms with Crippen LogP contribution in [0.15, 0.2) is 30.3 Å². The minimum absolute atomic E-state index is 0.150. The zero-order chi connectivity index (χ0) is 18.6. The highest BCUT2D eigenvalue weighted by Crippen LogP contribution is 2.30. The molecular weight excluding hydrogens is 334 g/mol. The second-order valence-corrected chi connectivity index (χ2v) is 7.94. The summed E-state index contributed by atoms with van der Waals surface area (Å²) in [5.74, 6) is 1.12. The Morgan fingerprint density at radius 1 is 1.07 bits per heavy atom. The number of amides is 1. The first kappa shape index (κ1) is 18.3. The van der Waals surface area contributed by atoms with Crippen molar-refractivity contribution in [2.24, 2.45) is 0 Å². The first-order valence-corrected chi connectivity index (χ1v) is 10.8. The fourth-order valence-corrected chi connectivity index (χ4v) is 4.80. The summed E-state index contributed by atoms with van der Waals surface area (Å²) in [6.07, 6.45) is 10.6. The summed E-state index contributed by atoms with van der Waals surface area (Å²) in [5, 5.41) is 0. The number of carbonyl (C=O) groups is 1. The normalized spacial score (nSPS) is 18.0. The molecule has 2 heterocycles. The number of rotatable bonds is 4. The molecule has 0 bridgehead atoms. The van der Waals surface area contributed by atoms with Crippen molar-refractivity contribution in [1.29, 1.82) is 0 Å². The second kappa shape index (κ2) is 8.28. The van der Waals surface area contributed by atoms with Gasteiger partial charge in [0.25, 0.3) is 5.91 Å². The predicted molar refractivity (Wildman–Crippen MR) is 109 cm³/mol. The highest BCUT2D eigenvalue weighted by atomic mass is 16.2. The van der Waals surface area contributed by atoms with E-state index in [0.29, 0.717) is 11.7 Å². The number of imidazole rings is 1. The number of benzene rings is 1. The van der Waals surface area contributed by atoms with Crippen LogP contribution in [0, 0.1) is 0 Å². The second-order valence-electron chi connectivity index (χ2n) is 7.94. The van der Waals surface area contributed by atoms with Crippen LogP contribution in [-0.4, -0.2) is 32.9 Å². The zero-order valence-corrected chi connectivity index (χ0v) is 16.5. The quantitative estimate of drug-likeness (QED) is 0.758. The van der Waals surface area contributed by atoms with E-state index in [2.05, 4.69) is 40.7 Å². The minimum Gasteiger partial charge on any atom is -0.335 e. The lowest BCUT2D eigenvalue weighted by atomic mass is 9.94. The molecule has 0 atom stereocenters. The molecule has 2 aliphatic rings. The van der Waals surface area contributed by atoms with Gasteiger partial charge in [-0.05, 0) is 39.0 Å². The molecule has 1 aromatic carbocycles. The van der Waals surface area contributed by atoms with Gasteiger partial charge in [-0.3, -0.25) is 4.79 Å². The Morgan fingerprint density at radius 3 is 2.56 bits per heavy atom. The molecule has 2 aromatic rings. The lowest BCUT2D eigenvalue weighted by Crippen LogP contribution is -2.41. The molecule has 1 aliphatic heterocycles. The van der Waals surface area contributed by atoms with Crippen LogP contribution in [0.2, 0.25) is 0 Å². The summed E-state index contributed by atoms with van der Waals surface area (Å²) >= 11 is 0. The number of aromatic nitrogens is 2. The van der Waals surface area contributed by atoms with Gasteiger partial charge in [0.1, 0.15) is 11.5 Å². The van der Waals surface area contributed by atoms with E-state index in [1.54, 1.807) is 0 Å². The molecule has 4 nitrogen and oxygen atoms in total. The SMILES string of the molecule is CCN(C(=O)c1nc(-c2ccccc2)n2c1CCCCC2)C1CCCCC1. The third-order valence-electron chi connectivity index (χ3n) is 6.22. The van der Waals surface area contributed by atoms with Crippen LogP contribution < -0.4 is 0 Å². The van der Waals surface area contributed by atoms with Crippen molar-refractivity contribution in [2.45, 2.75) is 77.3 Å². The minimum atomic E-state index is 0.150. The number of carbonyl (C=O) groups excluding carboxylic acids is 1. The molecule has 0 spiro atoms. The molecule has 0 unspecified atom stereocenters. The first-order valence-electron chi connectivity index (χ1n) is 10.8. The highest BCUT2D eigenvalue weighted by Gasteiger charge is 2.30. The van der Waals surface area contributed by atoms with Gasteiger partial charge in [0.15, 0.2) is 0 Å². The van der Waals surface area contributed by atoms with Crippen molar-refractivity contribution in [2.75, 3.05) is 6.54 Å². The van der Waals surface area contributed by atoms with Crippen molar-refractivity contribution in [3.05, 3.63) is 41.7 Å². The van der Waals surface area contributed by atoms with Gasteiger partial charge in [-0.15, -0.1) is 0 Å². The van der Waals surface area contributed by atoms with Crippen LogP contribution in [0.3, 0.4) is 0 Å². The summed E-state index contributed by atoms with van der Waals surface area (Å²) in [6, 6.07) is 10.7. The van der Waals surface area contributed by atoms with Crippen LogP contribution in [-0.2, 0) is 13.0 Å². The molecule has 1 fully saturated rings. The van der Waals surface area contributed by atoms with Crippen LogP contribution in [0.25, 0.3) is 11.4 Å². The molecule has 4 heteroatoms. The molecule has 1 aliphatic carbocycles. The molecule has 1 aromatic heterocycles. The number of nitrogens with zero attached hydrogens (tertiary/aromatic N) is 3. The lowest BCUT2D eigenvalue weighted by molar-refractivity contribution is 0.0641. The Labute approximate surface area is 162 Å². The van der Waals surface area contributed by atoms with Gasteiger partial charge in [0.2, 0.25) is 0 Å². The van der Waals surface area contributed by atoms with Gasteiger partial charge < -0.3 is 9.47 Å². The molecule has 0 saturated heterocycles. The van der Waals surface area contributed by atoms with E-state index < -0.39 is 0 Å². The van der Waals surface area contributed by atoms with Crippen molar-refractivity contribution < 1.29 is 4.79 Å². The highest BCUT2D eigenvalue weighted by molar-refractivity contribution is 5.94. The number of hydrogen-bond acceptors (Lipinski definition) is 2. The van der Waals surface area contributed by atoms with Gasteiger partial charge in [-0.1, -0.05) is 56.0 Å². The Hall–Kier alpha value is -2.10. The first-order chi connectivity index (χ1) is 13.3. The van der Waals surface area contributed by atoms with Crippen LogP contribution >= 0.6 is 0 Å². The molecular formula is C23H31N3O. The third-order valence-corrected chi connectivity index (χ3v) is 6.22. The maximum Gasteiger partial charge on any atom is 0.274 e. The molecule has 1 amide bonds. The lowest BCUT2D eigenvalue weighted by Gasteiger charge is -2.33. The van der Waals surface area contributed by atoms with Crippen molar-refractivity contribution >= 4 is 5.91 Å². The Balaban J connectivity index is 1.73. The van der Waals surface area contributed by atoms with Crippen LogP contribution in [0.1, 0.15) is 74.5 Å². The van der Waals surface area contributed by atoms with Crippen molar-refractivity contribution in [1.82, 2.24) is 14.5 Å². The maximum atomic E-state index is 13.6. The summed E-state index contributed by atoms with van der Waals surface area (Å²) in [5.41, 5.74) is 2.98. The molecule has 4 rings (SSSR count). The molecule has 1 saturated carbocycles. The van der Waals surface area contributed by atoms with Gasteiger partial charge in [0, 0.05) is 24.7 Å². The summed E-state index contributed by atoms with van der Waals surface area (Å²) in [6.45, 7) is 3.85. The summed E-state index contributed by atoms with van der Waals surface area (Å²) < 4.78 is 2.32. The van der Waals surface area contributed by atoms with E-state index in [-0.39, 0.29) is 5.91 Å². The van der Waals surface area contributed by atoms with Crippen molar-refractivity contribution in [3.8, 4) is 11.4 Å². The molecule has 0 radical (unpaired) electrons.